The molecule has 1 aliphatic rings. The largest absolute Gasteiger partial charge is 0.306 e. The van der Waals surface area contributed by atoms with Crippen molar-refractivity contribution in [3.8, 4) is 0 Å². The average Bonchev–Trinajstić information content (AvgIpc) is 3.19. The fourth-order valence-corrected chi connectivity index (χ4v) is 2.15. The molecule has 4 nitrogen and oxygen atoms in total. The molecule has 1 aromatic carbocycles. The van der Waals surface area contributed by atoms with E-state index in [4.69, 9.17) is 11.6 Å². The fraction of sp³-hybridized carbons (Fsp3) is 0.200. The minimum Gasteiger partial charge on any atom is -0.306 e. The normalized spacial score (nSPS) is 14.7. The van der Waals surface area contributed by atoms with Crippen molar-refractivity contribution in [3.05, 3.63) is 52.7 Å². The van der Waals surface area contributed by atoms with E-state index in [1.165, 1.54) is 18.9 Å². The van der Waals surface area contributed by atoms with Crippen molar-refractivity contribution in [1.29, 1.82) is 0 Å². The molecule has 0 atom stereocenters. The van der Waals surface area contributed by atoms with E-state index in [0.717, 1.165) is 11.3 Å². The Morgan fingerprint density at radius 2 is 2.20 bits per heavy atom. The summed E-state index contributed by atoms with van der Waals surface area (Å²) >= 11 is 6.01. The highest BCUT2D eigenvalue weighted by Crippen LogP contribution is 2.39. The van der Waals surface area contributed by atoms with Gasteiger partial charge in [0.2, 0.25) is 5.91 Å². The number of benzene rings is 1. The molecule has 0 radical (unpaired) electrons. The lowest BCUT2D eigenvalue weighted by molar-refractivity contribution is -0.111. The van der Waals surface area contributed by atoms with Crippen LogP contribution in [0.25, 0.3) is 6.08 Å². The summed E-state index contributed by atoms with van der Waals surface area (Å²) in [6.45, 7) is 0. The summed E-state index contributed by atoms with van der Waals surface area (Å²) in [7, 11) is 0. The predicted molar refractivity (Wildman–Crippen MR) is 79.7 cm³/mol. The number of nitrogens with one attached hydrogen (secondary N) is 2. The van der Waals surface area contributed by atoms with Crippen LogP contribution < -0.4 is 5.32 Å². The molecule has 0 spiro atoms. The van der Waals surface area contributed by atoms with Crippen molar-refractivity contribution >= 4 is 29.4 Å². The van der Waals surface area contributed by atoms with Crippen molar-refractivity contribution in [2.45, 2.75) is 18.8 Å². The first-order valence-electron chi connectivity index (χ1n) is 6.51. The van der Waals surface area contributed by atoms with E-state index in [-0.39, 0.29) is 5.91 Å². The van der Waals surface area contributed by atoms with Crippen LogP contribution in [0.2, 0.25) is 5.02 Å². The summed E-state index contributed by atoms with van der Waals surface area (Å²) < 4.78 is 0. The Bertz CT molecular complexity index is 659. The van der Waals surface area contributed by atoms with Crippen molar-refractivity contribution < 1.29 is 4.79 Å². The highest BCUT2D eigenvalue weighted by atomic mass is 35.5. The van der Waals surface area contributed by atoms with Gasteiger partial charge in [0.25, 0.3) is 0 Å². The highest BCUT2D eigenvalue weighted by molar-refractivity contribution is 6.32. The van der Waals surface area contributed by atoms with Crippen LogP contribution >= 0.6 is 11.6 Å². The number of amides is 1. The van der Waals surface area contributed by atoms with Gasteiger partial charge in [-0.3, -0.25) is 9.89 Å². The number of rotatable bonds is 4. The van der Waals surface area contributed by atoms with Crippen LogP contribution in [0.1, 0.15) is 30.0 Å². The Morgan fingerprint density at radius 1 is 1.40 bits per heavy atom. The zero-order valence-electron chi connectivity index (χ0n) is 10.8. The number of carbonyl (C=O) groups is 1. The zero-order valence-corrected chi connectivity index (χ0v) is 11.5. The molecule has 0 bridgehead atoms. The van der Waals surface area contributed by atoms with E-state index in [1.54, 1.807) is 12.1 Å². The molecule has 20 heavy (non-hydrogen) atoms. The molecule has 1 fully saturated rings. The number of anilines is 1. The van der Waals surface area contributed by atoms with Crippen LogP contribution in [0.5, 0.6) is 0 Å². The number of nitrogens with zero attached hydrogens (tertiary/aromatic N) is 1. The van der Waals surface area contributed by atoms with Gasteiger partial charge in [0, 0.05) is 28.8 Å². The second-order valence-electron chi connectivity index (χ2n) is 4.83. The lowest BCUT2D eigenvalue weighted by Crippen LogP contribution is -2.07. The standard InChI is InChI=1S/C15H14ClN3O/c16-12-4-2-1-3-10(12)7-8-15(20)17-14-9-13(18-19-14)11-5-6-11/h1-4,7-9,11H,5-6H2,(H2,17,18,19,20)/b8-7+. The Hall–Kier alpha value is -2.07. The third-order valence-corrected chi connectivity index (χ3v) is 3.53. The van der Waals surface area contributed by atoms with Gasteiger partial charge in [0.15, 0.2) is 5.82 Å². The van der Waals surface area contributed by atoms with Gasteiger partial charge < -0.3 is 5.32 Å². The van der Waals surface area contributed by atoms with Crippen LogP contribution in [-0.2, 0) is 4.79 Å². The van der Waals surface area contributed by atoms with Crippen molar-refractivity contribution in [2.24, 2.45) is 0 Å². The fourth-order valence-electron chi connectivity index (χ4n) is 1.95. The van der Waals surface area contributed by atoms with Crippen molar-refractivity contribution in [2.75, 3.05) is 5.32 Å². The summed E-state index contributed by atoms with van der Waals surface area (Å²) in [5, 5.41) is 10.4. The average molecular weight is 288 g/mol. The van der Waals surface area contributed by atoms with Gasteiger partial charge in [0.05, 0.1) is 0 Å². The third-order valence-electron chi connectivity index (χ3n) is 3.19. The number of aromatic nitrogens is 2. The number of halogens is 1. The monoisotopic (exact) mass is 287 g/mol. The minimum atomic E-state index is -0.223. The molecular formula is C15H14ClN3O. The molecule has 1 heterocycles. The van der Waals surface area contributed by atoms with E-state index in [1.807, 2.05) is 24.3 Å². The molecule has 0 unspecified atom stereocenters. The predicted octanol–water partition coefficient (Wildman–Crippen LogP) is 3.59. The maximum absolute atomic E-state index is 11.8. The van der Waals surface area contributed by atoms with Crippen LogP contribution in [0.4, 0.5) is 5.82 Å². The number of hydrogen-bond acceptors (Lipinski definition) is 2. The Morgan fingerprint density at radius 3 is 2.95 bits per heavy atom. The summed E-state index contributed by atoms with van der Waals surface area (Å²) in [6, 6.07) is 9.25. The Labute approximate surface area is 121 Å². The lowest BCUT2D eigenvalue weighted by Gasteiger charge is -1.97. The molecular weight excluding hydrogens is 274 g/mol. The second-order valence-corrected chi connectivity index (χ2v) is 5.23. The Kier molecular flexibility index (Phi) is 3.56. The molecule has 5 heteroatoms. The number of H-pyrrole nitrogens is 1. The van der Waals surface area contributed by atoms with E-state index >= 15 is 0 Å². The molecule has 0 saturated heterocycles. The van der Waals surface area contributed by atoms with Gasteiger partial charge in [-0.25, -0.2) is 0 Å². The molecule has 1 saturated carbocycles. The van der Waals surface area contributed by atoms with E-state index in [9.17, 15) is 4.79 Å². The van der Waals surface area contributed by atoms with Crippen LogP contribution in [0.15, 0.2) is 36.4 Å². The molecule has 2 aromatic rings. The highest BCUT2D eigenvalue weighted by Gasteiger charge is 2.25. The SMILES string of the molecule is O=C(/C=C/c1ccccc1Cl)Nc1cc(C2CC2)[nH]n1. The first-order valence-corrected chi connectivity index (χ1v) is 6.89. The first-order chi connectivity index (χ1) is 9.72. The van der Waals surface area contributed by atoms with Gasteiger partial charge in [-0.05, 0) is 30.5 Å². The molecule has 2 N–H and O–H groups in total. The molecule has 1 aliphatic carbocycles. The van der Waals surface area contributed by atoms with E-state index in [2.05, 4.69) is 15.5 Å². The van der Waals surface area contributed by atoms with Gasteiger partial charge >= 0.3 is 0 Å². The smallest absolute Gasteiger partial charge is 0.249 e. The van der Waals surface area contributed by atoms with Crippen LogP contribution in [0, 0.1) is 0 Å². The number of aromatic amines is 1. The minimum absolute atomic E-state index is 0.223. The second kappa shape index (κ2) is 5.51. The quantitative estimate of drug-likeness (QED) is 0.844. The van der Waals surface area contributed by atoms with E-state index in [0.29, 0.717) is 16.8 Å². The summed E-state index contributed by atoms with van der Waals surface area (Å²) in [6.07, 6.45) is 5.53. The van der Waals surface area contributed by atoms with Gasteiger partial charge in [0.1, 0.15) is 0 Å². The third kappa shape index (κ3) is 3.08. The van der Waals surface area contributed by atoms with Gasteiger partial charge in [-0.15, -0.1) is 0 Å². The molecule has 102 valence electrons. The van der Waals surface area contributed by atoms with E-state index < -0.39 is 0 Å². The van der Waals surface area contributed by atoms with Crippen molar-refractivity contribution in [1.82, 2.24) is 10.2 Å². The Balaban J connectivity index is 1.62. The van der Waals surface area contributed by atoms with Crippen LogP contribution in [-0.4, -0.2) is 16.1 Å². The van der Waals surface area contributed by atoms with Gasteiger partial charge in [-0.1, -0.05) is 29.8 Å². The maximum atomic E-state index is 11.8. The summed E-state index contributed by atoms with van der Waals surface area (Å²) in [4.78, 5) is 11.8. The van der Waals surface area contributed by atoms with Gasteiger partial charge in [-0.2, -0.15) is 5.10 Å². The molecule has 3 rings (SSSR count). The summed E-state index contributed by atoms with van der Waals surface area (Å²) in [5.41, 5.74) is 1.90. The topological polar surface area (TPSA) is 57.8 Å². The number of hydrogen-bond donors (Lipinski definition) is 2. The first kappa shape index (κ1) is 12.9. The van der Waals surface area contributed by atoms with Crippen molar-refractivity contribution in [3.63, 3.8) is 0 Å². The maximum Gasteiger partial charge on any atom is 0.249 e. The number of carbonyl (C=O) groups excluding carboxylic acids is 1. The molecule has 1 amide bonds. The zero-order chi connectivity index (χ0) is 13.9. The molecule has 1 aromatic heterocycles. The van der Waals surface area contributed by atoms with Crippen LogP contribution in [0.3, 0.4) is 0 Å². The lowest BCUT2D eigenvalue weighted by atomic mass is 10.2. The molecule has 0 aliphatic heterocycles. The summed E-state index contributed by atoms with van der Waals surface area (Å²) in [5.74, 6) is 0.922.